The standard InChI is InChI=1S/C20H22FN3O3/c21-18-9-8-17(12-19(18)24(26)27)20(25)22-13-15-4-6-16(7-5-15)14-23-10-2-1-3-11-23/h4-9,12H,1-3,10-11,13-14H2,(H,22,25)/p+1. The fourth-order valence-corrected chi connectivity index (χ4v) is 3.37. The monoisotopic (exact) mass is 372 g/mol. The molecule has 0 aliphatic carbocycles. The minimum atomic E-state index is -0.956. The average molecular weight is 372 g/mol. The Morgan fingerprint density at radius 1 is 1.07 bits per heavy atom. The van der Waals surface area contributed by atoms with Crippen LogP contribution >= 0.6 is 0 Å². The first-order chi connectivity index (χ1) is 13.0. The molecule has 2 aromatic rings. The van der Waals surface area contributed by atoms with Gasteiger partial charge in [-0.25, -0.2) is 0 Å². The zero-order valence-corrected chi connectivity index (χ0v) is 15.0. The summed E-state index contributed by atoms with van der Waals surface area (Å²) in [6.07, 6.45) is 3.92. The van der Waals surface area contributed by atoms with Crippen molar-refractivity contribution in [1.29, 1.82) is 0 Å². The van der Waals surface area contributed by atoms with Gasteiger partial charge in [0.1, 0.15) is 6.54 Å². The van der Waals surface area contributed by atoms with Gasteiger partial charge in [0.2, 0.25) is 5.82 Å². The van der Waals surface area contributed by atoms with Crippen molar-refractivity contribution in [3.05, 3.63) is 75.1 Å². The number of quaternary nitrogens is 1. The summed E-state index contributed by atoms with van der Waals surface area (Å²) >= 11 is 0. The number of hydrogen-bond donors (Lipinski definition) is 2. The Morgan fingerprint density at radius 2 is 1.74 bits per heavy atom. The lowest BCUT2D eigenvalue weighted by atomic mass is 10.1. The molecule has 0 atom stereocenters. The summed E-state index contributed by atoms with van der Waals surface area (Å²) in [5.41, 5.74) is 1.58. The van der Waals surface area contributed by atoms with Gasteiger partial charge in [0.05, 0.1) is 18.0 Å². The Kier molecular flexibility index (Phi) is 6.13. The number of hydrogen-bond acceptors (Lipinski definition) is 3. The highest BCUT2D eigenvalue weighted by atomic mass is 19.1. The highest BCUT2D eigenvalue weighted by molar-refractivity contribution is 5.94. The summed E-state index contributed by atoms with van der Waals surface area (Å²) in [5.74, 6) is -1.43. The van der Waals surface area contributed by atoms with Gasteiger partial charge in [0.15, 0.2) is 0 Å². The van der Waals surface area contributed by atoms with Crippen LogP contribution in [0.15, 0.2) is 42.5 Å². The first-order valence-electron chi connectivity index (χ1n) is 9.16. The highest BCUT2D eigenvalue weighted by Crippen LogP contribution is 2.18. The zero-order valence-electron chi connectivity index (χ0n) is 15.0. The fourth-order valence-electron chi connectivity index (χ4n) is 3.37. The van der Waals surface area contributed by atoms with Gasteiger partial charge in [-0.05, 0) is 37.0 Å². The van der Waals surface area contributed by atoms with E-state index in [2.05, 4.69) is 17.4 Å². The van der Waals surface area contributed by atoms with Crippen molar-refractivity contribution in [3.63, 3.8) is 0 Å². The number of carbonyl (C=O) groups excluding carboxylic acids is 1. The van der Waals surface area contributed by atoms with Crippen LogP contribution in [0.3, 0.4) is 0 Å². The first kappa shape index (κ1) is 19.0. The quantitative estimate of drug-likeness (QED) is 0.603. The van der Waals surface area contributed by atoms with Crippen LogP contribution in [0.2, 0.25) is 0 Å². The number of halogens is 1. The summed E-state index contributed by atoms with van der Waals surface area (Å²) in [6, 6.07) is 11.2. The molecular formula is C20H23FN3O3+. The van der Waals surface area contributed by atoms with Gasteiger partial charge in [-0.1, -0.05) is 24.3 Å². The molecule has 0 bridgehead atoms. The molecule has 1 heterocycles. The Hall–Kier alpha value is -2.80. The molecule has 1 fully saturated rings. The second-order valence-corrected chi connectivity index (χ2v) is 6.91. The first-order valence-corrected chi connectivity index (χ1v) is 9.16. The van der Waals surface area contributed by atoms with Crippen molar-refractivity contribution in [3.8, 4) is 0 Å². The third-order valence-corrected chi connectivity index (χ3v) is 4.90. The van der Waals surface area contributed by atoms with Gasteiger partial charge < -0.3 is 10.2 Å². The second-order valence-electron chi connectivity index (χ2n) is 6.91. The highest BCUT2D eigenvalue weighted by Gasteiger charge is 2.17. The topological polar surface area (TPSA) is 76.7 Å². The predicted octanol–water partition coefficient (Wildman–Crippen LogP) is 2.23. The molecule has 1 aliphatic rings. The van der Waals surface area contributed by atoms with Gasteiger partial charge in [-0.2, -0.15) is 4.39 Å². The molecule has 0 aromatic heterocycles. The van der Waals surface area contributed by atoms with Crippen LogP contribution in [0, 0.1) is 15.9 Å². The van der Waals surface area contributed by atoms with Crippen molar-refractivity contribution in [2.75, 3.05) is 13.1 Å². The summed E-state index contributed by atoms with van der Waals surface area (Å²) in [4.78, 5) is 23.7. The van der Waals surface area contributed by atoms with E-state index in [9.17, 15) is 19.3 Å². The van der Waals surface area contributed by atoms with E-state index in [0.29, 0.717) is 6.54 Å². The van der Waals surface area contributed by atoms with E-state index < -0.39 is 22.3 Å². The molecule has 2 aromatic carbocycles. The van der Waals surface area contributed by atoms with E-state index in [-0.39, 0.29) is 5.56 Å². The molecule has 7 heteroatoms. The minimum absolute atomic E-state index is 0.0634. The Labute approximate surface area is 157 Å². The summed E-state index contributed by atoms with van der Waals surface area (Å²) in [5, 5.41) is 13.5. The number of benzene rings is 2. The molecule has 0 saturated carbocycles. The number of carbonyl (C=O) groups is 1. The van der Waals surface area contributed by atoms with E-state index in [1.54, 1.807) is 4.90 Å². The lowest BCUT2D eigenvalue weighted by Gasteiger charge is -2.23. The third-order valence-electron chi connectivity index (χ3n) is 4.90. The van der Waals surface area contributed by atoms with Crippen molar-refractivity contribution in [2.45, 2.75) is 32.4 Å². The fraction of sp³-hybridized carbons (Fsp3) is 0.350. The molecule has 3 rings (SSSR count). The number of nitrogens with one attached hydrogen (secondary N) is 2. The summed E-state index contributed by atoms with van der Waals surface area (Å²) < 4.78 is 13.4. The normalized spacial score (nSPS) is 14.7. The lowest BCUT2D eigenvalue weighted by Crippen LogP contribution is -3.11. The van der Waals surface area contributed by atoms with Crippen LogP contribution in [0.25, 0.3) is 0 Å². The van der Waals surface area contributed by atoms with Crippen LogP contribution in [0.1, 0.15) is 40.7 Å². The molecular weight excluding hydrogens is 349 g/mol. The number of nitro groups is 1. The molecule has 2 N–H and O–H groups in total. The molecule has 0 unspecified atom stereocenters. The maximum atomic E-state index is 13.4. The molecule has 0 spiro atoms. The van der Waals surface area contributed by atoms with Gasteiger partial charge in [0.25, 0.3) is 5.91 Å². The number of nitrogens with zero attached hydrogens (tertiary/aromatic N) is 1. The Morgan fingerprint density at radius 3 is 2.41 bits per heavy atom. The number of likely N-dealkylation sites (tertiary alicyclic amines) is 1. The smallest absolute Gasteiger partial charge is 0.305 e. The summed E-state index contributed by atoms with van der Waals surface area (Å²) in [6.45, 7) is 3.77. The minimum Gasteiger partial charge on any atom is -0.348 e. The molecule has 27 heavy (non-hydrogen) atoms. The van der Waals surface area contributed by atoms with Crippen molar-refractivity contribution < 1.29 is 19.0 Å². The molecule has 142 valence electrons. The maximum absolute atomic E-state index is 13.4. The second kappa shape index (κ2) is 8.73. The average Bonchev–Trinajstić information content (AvgIpc) is 2.68. The van der Waals surface area contributed by atoms with E-state index >= 15 is 0 Å². The van der Waals surface area contributed by atoms with Crippen LogP contribution < -0.4 is 10.2 Å². The largest absolute Gasteiger partial charge is 0.348 e. The number of nitro benzene ring substituents is 1. The maximum Gasteiger partial charge on any atom is 0.305 e. The van der Waals surface area contributed by atoms with Crippen LogP contribution in [-0.4, -0.2) is 23.9 Å². The van der Waals surface area contributed by atoms with Gasteiger partial charge in [0, 0.05) is 23.7 Å². The van der Waals surface area contributed by atoms with Crippen molar-refractivity contribution in [1.82, 2.24) is 5.32 Å². The number of rotatable bonds is 6. The molecule has 1 aliphatic heterocycles. The summed E-state index contributed by atoms with van der Waals surface area (Å²) in [7, 11) is 0. The van der Waals surface area contributed by atoms with Crippen molar-refractivity contribution in [2.24, 2.45) is 0 Å². The molecule has 6 nitrogen and oxygen atoms in total. The van der Waals surface area contributed by atoms with Crippen LogP contribution in [-0.2, 0) is 13.1 Å². The predicted molar refractivity (Wildman–Crippen MR) is 98.9 cm³/mol. The van der Waals surface area contributed by atoms with Gasteiger partial charge in [-0.15, -0.1) is 0 Å². The van der Waals surface area contributed by atoms with E-state index in [4.69, 9.17) is 0 Å². The zero-order chi connectivity index (χ0) is 19.2. The SMILES string of the molecule is O=C(NCc1ccc(C[NH+]2CCCCC2)cc1)c1ccc(F)c([N+](=O)[O-])c1. The van der Waals surface area contributed by atoms with Crippen LogP contribution in [0.4, 0.5) is 10.1 Å². The van der Waals surface area contributed by atoms with Gasteiger partial charge in [-0.3, -0.25) is 14.9 Å². The number of amides is 1. The Balaban J connectivity index is 1.55. The Bertz CT molecular complexity index is 818. The van der Waals surface area contributed by atoms with Crippen LogP contribution in [0.5, 0.6) is 0 Å². The molecule has 0 radical (unpaired) electrons. The third kappa shape index (κ3) is 5.10. The molecule has 1 amide bonds. The lowest BCUT2D eigenvalue weighted by molar-refractivity contribution is -0.918. The van der Waals surface area contributed by atoms with E-state index in [1.807, 2.05) is 12.1 Å². The molecule has 1 saturated heterocycles. The van der Waals surface area contributed by atoms with Gasteiger partial charge >= 0.3 is 5.69 Å². The van der Waals surface area contributed by atoms with E-state index in [0.717, 1.165) is 24.2 Å². The van der Waals surface area contributed by atoms with E-state index in [1.165, 1.54) is 44.0 Å². The number of piperidine rings is 1. The van der Waals surface area contributed by atoms with Crippen molar-refractivity contribution >= 4 is 11.6 Å².